The number of rotatable bonds is 6. The first-order valence-corrected chi connectivity index (χ1v) is 9.56. The number of terminal acetylenes is 1. The van der Waals surface area contributed by atoms with E-state index in [1.807, 2.05) is 36.9 Å². The minimum Gasteiger partial charge on any atom is -0.357 e. The number of aliphatic imine (C=N–C) groups is 1. The summed E-state index contributed by atoms with van der Waals surface area (Å²) in [7, 11) is 0. The Labute approximate surface area is 154 Å². The van der Waals surface area contributed by atoms with Crippen LogP contribution in [0.3, 0.4) is 0 Å². The van der Waals surface area contributed by atoms with Crippen LogP contribution in [-0.2, 0) is 4.79 Å². The molecule has 0 bridgehead atoms. The molecule has 0 aromatic heterocycles. The molecule has 5 nitrogen and oxygen atoms in total. The highest BCUT2D eigenvalue weighted by Crippen LogP contribution is 2.36. The lowest BCUT2D eigenvalue weighted by atomic mass is 10.1. The van der Waals surface area contributed by atoms with E-state index in [4.69, 9.17) is 6.42 Å². The highest BCUT2D eigenvalue weighted by atomic mass is 32.2. The van der Waals surface area contributed by atoms with Gasteiger partial charge in [-0.25, -0.2) is 4.99 Å². The zero-order valence-electron chi connectivity index (χ0n) is 14.9. The van der Waals surface area contributed by atoms with Crippen molar-refractivity contribution in [2.45, 2.75) is 31.4 Å². The Kier molecular flexibility index (Phi) is 7.20. The molecule has 1 aromatic carbocycles. The third-order valence-corrected chi connectivity index (χ3v) is 5.51. The summed E-state index contributed by atoms with van der Waals surface area (Å²) in [5.41, 5.74) is 1.42. The van der Waals surface area contributed by atoms with Gasteiger partial charge in [0.1, 0.15) is 6.54 Å². The maximum absolute atomic E-state index is 12.1. The van der Waals surface area contributed by atoms with Crippen LogP contribution in [0, 0.1) is 12.3 Å². The van der Waals surface area contributed by atoms with Crippen LogP contribution in [0.15, 0.2) is 29.3 Å². The van der Waals surface area contributed by atoms with Crippen LogP contribution in [0.4, 0.5) is 5.69 Å². The minimum absolute atomic E-state index is 0.0550. The predicted octanol–water partition coefficient (Wildman–Crippen LogP) is 2.45. The molecule has 1 atom stereocenters. The van der Waals surface area contributed by atoms with Gasteiger partial charge >= 0.3 is 0 Å². The van der Waals surface area contributed by atoms with Crippen molar-refractivity contribution < 1.29 is 4.79 Å². The van der Waals surface area contributed by atoms with E-state index in [-0.39, 0.29) is 17.2 Å². The van der Waals surface area contributed by atoms with Crippen molar-refractivity contribution in [2.75, 3.05) is 30.7 Å². The summed E-state index contributed by atoms with van der Waals surface area (Å²) in [6.45, 7) is 5.93. The van der Waals surface area contributed by atoms with E-state index in [9.17, 15) is 4.79 Å². The number of anilines is 1. The van der Waals surface area contributed by atoms with Gasteiger partial charge in [-0.1, -0.05) is 12.0 Å². The molecular formula is C19H26N4OS. The summed E-state index contributed by atoms with van der Waals surface area (Å²) in [4.78, 5) is 16.5. The van der Waals surface area contributed by atoms with E-state index in [0.717, 1.165) is 18.7 Å². The topological polar surface area (TPSA) is 65.5 Å². The van der Waals surface area contributed by atoms with Crippen molar-refractivity contribution in [2.24, 2.45) is 4.99 Å². The zero-order valence-corrected chi connectivity index (χ0v) is 15.7. The first kappa shape index (κ1) is 19.2. The standard InChI is InChI=1S/C19H26N4OS/c1-4-15-8-6-9-16(12-15)23-17(24)13-21-18(20-5-2)22-14-19(3)10-7-11-25-19/h1,6,8-9,12H,5,7,10-11,13-14H2,2-3H3,(H,23,24)(H2,20,21,22). The van der Waals surface area contributed by atoms with Crippen LogP contribution >= 0.6 is 11.8 Å². The van der Waals surface area contributed by atoms with Gasteiger partial charge in [0.05, 0.1) is 0 Å². The Balaban J connectivity index is 1.88. The number of amides is 1. The number of thioether (sulfide) groups is 1. The van der Waals surface area contributed by atoms with Crippen LogP contribution in [0.2, 0.25) is 0 Å². The molecule has 1 aliphatic rings. The van der Waals surface area contributed by atoms with Gasteiger partial charge in [0, 0.05) is 29.1 Å². The normalized spacial score (nSPS) is 20.0. The van der Waals surface area contributed by atoms with E-state index in [2.05, 4.69) is 33.8 Å². The lowest BCUT2D eigenvalue weighted by Crippen LogP contribution is -2.44. The van der Waals surface area contributed by atoms with Gasteiger partial charge in [-0.2, -0.15) is 11.8 Å². The molecule has 1 amide bonds. The Morgan fingerprint density at radius 2 is 2.28 bits per heavy atom. The molecule has 25 heavy (non-hydrogen) atoms. The molecular weight excluding hydrogens is 332 g/mol. The Morgan fingerprint density at radius 1 is 1.44 bits per heavy atom. The van der Waals surface area contributed by atoms with E-state index >= 15 is 0 Å². The van der Waals surface area contributed by atoms with E-state index < -0.39 is 0 Å². The first-order chi connectivity index (χ1) is 12.0. The summed E-state index contributed by atoms with van der Waals surface area (Å²) >= 11 is 1.99. The highest BCUT2D eigenvalue weighted by Gasteiger charge is 2.29. The Hall–Kier alpha value is -2.13. The number of hydrogen-bond acceptors (Lipinski definition) is 3. The molecule has 6 heteroatoms. The fourth-order valence-electron chi connectivity index (χ4n) is 2.63. The maximum atomic E-state index is 12.1. The third kappa shape index (κ3) is 6.35. The van der Waals surface area contributed by atoms with Crippen LogP contribution in [0.5, 0.6) is 0 Å². The maximum Gasteiger partial charge on any atom is 0.246 e. The molecule has 0 saturated carbocycles. The van der Waals surface area contributed by atoms with Crippen molar-refractivity contribution >= 4 is 29.3 Å². The summed E-state index contributed by atoms with van der Waals surface area (Å²) in [5, 5.41) is 9.35. The molecule has 1 heterocycles. The second-order valence-electron chi connectivity index (χ2n) is 6.22. The van der Waals surface area contributed by atoms with Crippen molar-refractivity contribution in [3.8, 4) is 12.3 Å². The second kappa shape index (κ2) is 9.38. The Bertz CT molecular complexity index is 660. The van der Waals surface area contributed by atoms with Gasteiger partial charge < -0.3 is 16.0 Å². The lowest BCUT2D eigenvalue weighted by Gasteiger charge is -2.24. The van der Waals surface area contributed by atoms with Gasteiger partial charge in [0.15, 0.2) is 5.96 Å². The first-order valence-electron chi connectivity index (χ1n) is 8.57. The lowest BCUT2D eigenvalue weighted by molar-refractivity contribution is -0.114. The third-order valence-electron chi connectivity index (χ3n) is 3.97. The summed E-state index contributed by atoms with van der Waals surface area (Å²) in [6, 6.07) is 7.22. The smallest absolute Gasteiger partial charge is 0.246 e. The van der Waals surface area contributed by atoms with Gasteiger partial charge in [-0.3, -0.25) is 4.79 Å². The number of nitrogens with one attached hydrogen (secondary N) is 3. The van der Waals surface area contributed by atoms with Crippen molar-refractivity contribution in [3.05, 3.63) is 29.8 Å². The molecule has 0 spiro atoms. The van der Waals surface area contributed by atoms with Crippen molar-refractivity contribution in [3.63, 3.8) is 0 Å². The van der Waals surface area contributed by atoms with Crippen LogP contribution in [0.25, 0.3) is 0 Å². The number of nitrogens with zero attached hydrogens (tertiary/aromatic N) is 1. The van der Waals surface area contributed by atoms with Gasteiger partial charge in [0.25, 0.3) is 0 Å². The fourth-order valence-corrected chi connectivity index (χ4v) is 3.87. The van der Waals surface area contributed by atoms with E-state index in [0.29, 0.717) is 11.6 Å². The molecule has 0 aliphatic carbocycles. The predicted molar refractivity (Wildman–Crippen MR) is 107 cm³/mol. The number of hydrogen-bond donors (Lipinski definition) is 3. The number of benzene rings is 1. The second-order valence-corrected chi connectivity index (χ2v) is 7.91. The SMILES string of the molecule is C#Cc1cccc(NC(=O)CN=C(NCC)NCC2(C)CCCS2)c1. The van der Waals surface area contributed by atoms with E-state index in [1.165, 1.54) is 18.6 Å². The summed E-state index contributed by atoms with van der Waals surface area (Å²) < 4.78 is 0.244. The highest BCUT2D eigenvalue weighted by molar-refractivity contribution is 8.00. The number of guanidine groups is 1. The van der Waals surface area contributed by atoms with Gasteiger partial charge in [-0.05, 0) is 50.6 Å². The molecule has 1 aliphatic heterocycles. The van der Waals surface area contributed by atoms with Crippen LogP contribution in [0.1, 0.15) is 32.3 Å². The molecule has 1 aromatic rings. The summed E-state index contributed by atoms with van der Waals surface area (Å²) in [5.74, 6) is 4.26. The fraction of sp³-hybridized carbons (Fsp3) is 0.474. The molecule has 134 valence electrons. The quantitative estimate of drug-likeness (QED) is 0.415. The molecule has 1 unspecified atom stereocenters. The Morgan fingerprint density at radius 3 is 2.96 bits per heavy atom. The molecule has 3 N–H and O–H groups in total. The van der Waals surface area contributed by atoms with Gasteiger partial charge in [-0.15, -0.1) is 6.42 Å². The molecule has 0 radical (unpaired) electrons. The number of carbonyl (C=O) groups is 1. The zero-order chi connectivity index (χ0) is 18.1. The average Bonchev–Trinajstić information content (AvgIpc) is 3.04. The van der Waals surface area contributed by atoms with Gasteiger partial charge in [0.2, 0.25) is 5.91 Å². The molecule has 1 saturated heterocycles. The average molecular weight is 359 g/mol. The van der Waals surface area contributed by atoms with E-state index in [1.54, 1.807) is 6.07 Å². The van der Waals surface area contributed by atoms with Crippen molar-refractivity contribution in [1.82, 2.24) is 10.6 Å². The monoisotopic (exact) mass is 358 g/mol. The molecule has 1 fully saturated rings. The number of carbonyl (C=O) groups excluding carboxylic acids is 1. The van der Waals surface area contributed by atoms with Crippen LogP contribution < -0.4 is 16.0 Å². The summed E-state index contributed by atoms with van der Waals surface area (Å²) in [6.07, 6.45) is 7.84. The molecule has 2 rings (SSSR count). The van der Waals surface area contributed by atoms with Crippen LogP contribution in [-0.4, -0.2) is 42.0 Å². The van der Waals surface area contributed by atoms with Crippen molar-refractivity contribution in [1.29, 1.82) is 0 Å². The minimum atomic E-state index is -0.173. The largest absolute Gasteiger partial charge is 0.357 e.